The van der Waals surface area contributed by atoms with Crippen LogP contribution < -0.4 is 0 Å². The Morgan fingerprint density at radius 1 is 1.23 bits per heavy atom. The van der Waals surface area contributed by atoms with Gasteiger partial charge in [-0.05, 0) is 31.6 Å². The van der Waals surface area contributed by atoms with E-state index in [2.05, 4.69) is 6.92 Å². The van der Waals surface area contributed by atoms with Crippen molar-refractivity contribution in [2.75, 3.05) is 13.2 Å². The molecule has 2 fully saturated rings. The molecule has 1 saturated carbocycles. The van der Waals surface area contributed by atoms with E-state index in [9.17, 15) is 4.79 Å². The minimum atomic E-state index is 0.232. The number of hydrogen-bond donors (Lipinski definition) is 0. The lowest BCUT2D eigenvalue weighted by atomic mass is 9.90. The zero-order chi connectivity index (χ0) is 9.26. The molecule has 3 unspecified atom stereocenters. The Morgan fingerprint density at radius 3 is 2.62 bits per heavy atom. The summed E-state index contributed by atoms with van der Waals surface area (Å²) in [5.41, 5.74) is 0. The van der Waals surface area contributed by atoms with Crippen LogP contribution in [0.1, 0.15) is 32.6 Å². The molecule has 0 spiro atoms. The minimum Gasteiger partial charge on any atom is -0.381 e. The van der Waals surface area contributed by atoms with Gasteiger partial charge in [-0.3, -0.25) is 4.79 Å². The van der Waals surface area contributed by atoms with Gasteiger partial charge in [-0.2, -0.15) is 0 Å². The first-order valence-electron chi connectivity index (χ1n) is 5.39. The van der Waals surface area contributed by atoms with Gasteiger partial charge in [0.1, 0.15) is 5.78 Å². The van der Waals surface area contributed by atoms with Gasteiger partial charge in [-0.1, -0.05) is 6.92 Å². The molecule has 0 aromatic heterocycles. The van der Waals surface area contributed by atoms with Gasteiger partial charge in [0.25, 0.3) is 0 Å². The van der Waals surface area contributed by atoms with E-state index in [1.54, 1.807) is 0 Å². The van der Waals surface area contributed by atoms with Gasteiger partial charge in [0.15, 0.2) is 0 Å². The summed E-state index contributed by atoms with van der Waals surface area (Å²) in [6.45, 7) is 3.72. The van der Waals surface area contributed by atoms with Crippen molar-refractivity contribution >= 4 is 5.78 Å². The quantitative estimate of drug-likeness (QED) is 0.653. The molecule has 13 heavy (non-hydrogen) atoms. The van der Waals surface area contributed by atoms with E-state index in [1.165, 1.54) is 6.42 Å². The van der Waals surface area contributed by atoms with Gasteiger partial charge >= 0.3 is 0 Å². The van der Waals surface area contributed by atoms with Gasteiger partial charge < -0.3 is 4.74 Å². The maximum atomic E-state index is 11.9. The number of rotatable bonds is 2. The smallest absolute Gasteiger partial charge is 0.141 e. The van der Waals surface area contributed by atoms with Crippen molar-refractivity contribution in [1.29, 1.82) is 0 Å². The fraction of sp³-hybridized carbons (Fsp3) is 0.909. The van der Waals surface area contributed by atoms with E-state index in [-0.39, 0.29) is 5.92 Å². The van der Waals surface area contributed by atoms with Crippen molar-refractivity contribution in [3.63, 3.8) is 0 Å². The lowest BCUT2D eigenvalue weighted by Gasteiger charge is -2.12. The standard InChI is InChI=1S/C11H18O2/c1-8-2-3-9(6-8)11(12)10-4-5-13-7-10/h8-10H,2-7H2,1H3. The second kappa shape index (κ2) is 3.79. The first-order chi connectivity index (χ1) is 6.27. The zero-order valence-corrected chi connectivity index (χ0v) is 8.29. The van der Waals surface area contributed by atoms with Gasteiger partial charge in [-0.25, -0.2) is 0 Å². The molecule has 2 aliphatic rings. The van der Waals surface area contributed by atoms with Crippen molar-refractivity contribution in [2.24, 2.45) is 17.8 Å². The maximum Gasteiger partial charge on any atom is 0.141 e. The number of carbonyl (C=O) groups excluding carboxylic acids is 1. The summed E-state index contributed by atoms with van der Waals surface area (Å²) in [7, 11) is 0. The van der Waals surface area contributed by atoms with Crippen LogP contribution >= 0.6 is 0 Å². The third kappa shape index (κ3) is 1.93. The molecule has 0 amide bonds. The Labute approximate surface area is 79.7 Å². The number of ketones is 1. The second-order valence-electron chi connectivity index (χ2n) is 4.58. The fourth-order valence-electron chi connectivity index (χ4n) is 2.56. The van der Waals surface area contributed by atoms with Crippen LogP contribution in [-0.2, 0) is 9.53 Å². The van der Waals surface area contributed by atoms with Crippen LogP contribution in [0.15, 0.2) is 0 Å². The Hall–Kier alpha value is -0.370. The molecule has 0 aromatic rings. The lowest BCUT2D eigenvalue weighted by Crippen LogP contribution is -2.22. The van der Waals surface area contributed by atoms with Gasteiger partial charge in [0.05, 0.1) is 6.61 Å². The Morgan fingerprint density at radius 2 is 2.08 bits per heavy atom. The highest BCUT2D eigenvalue weighted by Gasteiger charge is 2.33. The first-order valence-corrected chi connectivity index (χ1v) is 5.39. The normalized spacial score (nSPS) is 39.6. The Kier molecular flexibility index (Phi) is 2.68. The van der Waals surface area contributed by atoms with Crippen molar-refractivity contribution in [2.45, 2.75) is 32.6 Å². The fourth-order valence-corrected chi connectivity index (χ4v) is 2.56. The summed E-state index contributed by atoms with van der Waals surface area (Å²) < 4.78 is 5.24. The highest BCUT2D eigenvalue weighted by atomic mass is 16.5. The summed E-state index contributed by atoms with van der Waals surface area (Å²) in [6.07, 6.45) is 4.44. The molecule has 0 N–H and O–H groups in total. The van der Waals surface area contributed by atoms with Crippen molar-refractivity contribution < 1.29 is 9.53 Å². The van der Waals surface area contributed by atoms with Crippen molar-refractivity contribution in [3.05, 3.63) is 0 Å². The highest BCUT2D eigenvalue weighted by Crippen LogP contribution is 2.33. The zero-order valence-electron chi connectivity index (χ0n) is 8.29. The third-order valence-electron chi connectivity index (χ3n) is 3.43. The van der Waals surface area contributed by atoms with E-state index in [1.807, 2.05) is 0 Å². The predicted molar refractivity (Wildman–Crippen MR) is 50.4 cm³/mol. The number of Topliss-reactive ketones (excluding diaryl/α,β-unsaturated/α-hetero) is 1. The molecule has 2 rings (SSSR count). The summed E-state index contributed by atoms with van der Waals surface area (Å²) >= 11 is 0. The summed E-state index contributed by atoms with van der Waals surface area (Å²) in [5.74, 6) is 1.84. The van der Waals surface area contributed by atoms with E-state index in [0.29, 0.717) is 18.3 Å². The number of hydrogen-bond acceptors (Lipinski definition) is 2. The molecular weight excluding hydrogens is 164 g/mol. The molecule has 0 radical (unpaired) electrons. The predicted octanol–water partition coefficient (Wildman–Crippen LogP) is 2.03. The van der Waals surface area contributed by atoms with Crippen LogP contribution in [0.5, 0.6) is 0 Å². The lowest BCUT2D eigenvalue weighted by molar-refractivity contribution is -0.126. The van der Waals surface area contributed by atoms with E-state index >= 15 is 0 Å². The Bertz CT molecular complexity index is 194. The van der Waals surface area contributed by atoms with Gasteiger partial charge in [-0.15, -0.1) is 0 Å². The molecule has 0 bridgehead atoms. The van der Waals surface area contributed by atoms with Crippen LogP contribution in [0.4, 0.5) is 0 Å². The molecule has 0 aromatic carbocycles. The van der Waals surface area contributed by atoms with Crippen molar-refractivity contribution in [3.8, 4) is 0 Å². The molecule has 3 atom stereocenters. The average Bonchev–Trinajstić information content (AvgIpc) is 2.72. The van der Waals surface area contributed by atoms with Gasteiger partial charge in [0, 0.05) is 18.4 Å². The van der Waals surface area contributed by atoms with E-state index < -0.39 is 0 Å². The largest absolute Gasteiger partial charge is 0.381 e. The second-order valence-corrected chi connectivity index (χ2v) is 4.58. The monoisotopic (exact) mass is 182 g/mol. The van der Waals surface area contributed by atoms with Crippen LogP contribution in [0, 0.1) is 17.8 Å². The van der Waals surface area contributed by atoms with Crippen molar-refractivity contribution in [1.82, 2.24) is 0 Å². The van der Waals surface area contributed by atoms with Gasteiger partial charge in [0.2, 0.25) is 0 Å². The molecule has 1 aliphatic heterocycles. The first kappa shape index (κ1) is 9.20. The average molecular weight is 182 g/mol. The van der Waals surface area contributed by atoms with E-state index in [0.717, 1.165) is 31.8 Å². The molecular formula is C11H18O2. The molecule has 1 saturated heterocycles. The molecule has 2 nitrogen and oxygen atoms in total. The topological polar surface area (TPSA) is 26.3 Å². The molecule has 2 heteroatoms. The Balaban J connectivity index is 1.89. The SMILES string of the molecule is CC1CCC(C(=O)C2CCOC2)C1. The summed E-state index contributed by atoms with van der Waals surface area (Å²) in [5, 5.41) is 0. The third-order valence-corrected chi connectivity index (χ3v) is 3.43. The molecule has 74 valence electrons. The minimum absolute atomic E-state index is 0.232. The number of ether oxygens (including phenoxy) is 1. The van der Waals surface area contributed by atoms with Crippen LogP contribution in [0.2, 0.25) is 0 Å². The van der Waals surface area contributed by atoms with Crippen LogP contribution in [0.3, 0.4) is 0 Å². The number of carbonyl (C=O) groups is 1. The van der Waals surface area contributed by atoms with E-state index in [4.69, 9.17) is 4.74 Å². The van der Waals surface area contributed by atoms with Crippen LogP contribution in [0.25, 0.3) is 0 Å². The van der Waals surface area contributed by atoms with Crippen LogP contribution in [-0.4, -0.2) is 19.0 Å². The molecule has 1 heterocycles. The summed E-state index contributed by atoms with van der Waals surface area (Å²) in [4.78, 5) is 11.9. The highest BCUT2D eigenvalue weighted by molar-refractivity contribution is 5.84. The summed E-state index contributed by atoms with van der Waals surface area (Å²) in [6, 6.07) is 0. The maximum absolute atomic E-state index is 11.9. The molecule has 1 aliphatic carbocycles.